The molecule has 0 aromatic heterocycles. The molecule has 1 amide bonds. The third-order valence-corrected chi connectivity index (χ3v) is 2.34. The normalized spacial score (nSPS) is 11.2. The second kappa shape index (κ2) is 6.36. The quantitative estimate of drug-likeness (QED) is 0.773. The van der Waals surface area contributed by atoms with Crippen molar-refractivity contribution in [1.82, 2.24) is 4.90 Å². The Balaban J connectivity index is 2.80. The summed E-state index contributed by atoms with van der Waals surface area (Å²) in [7, 11) is 0. The number of ketones is 1. The second-order valence-corrected chi connectivity index (χ2v) is 4.23. The molecule has 0 spiro atoms. The van der Waals surface area contributed by atoms with Gasteiger partial charge in [-0.2, -0.15) is 13.2 Å². The van der Waals surface area contributed by atoms with Gasteiger partial charge in [-0.3, -0.25) is 9.59 Å². The van der Waals surface area contributed by atoms with Crippen molar-refractivity contribution in [3.8, 4) is 0 Å². The van der Waals surface area contributed by atoms with Crippen molar-refractivity contribution in [3.05, 3.63) is 35.9 Å². The van der Waals surface area contributed by atoms with Crippen LogP contribution in [-0.4, -0.2) is 29.3 Å². The molecule has 0 saturated heterocycles. The minimum absolute atomic E-state index is 0.160. The van der Waals surface area contributed by atoms with Gasteiger partial charge in [0.2, 0.25) is 5.91 Å². The van der Waals surface area contributed by atoms with E-state index in [-0.39, 0.29) is 6.54 Å². The van der Waals surface area contributed by atoms with Crippen LogP contribution in [0.4, 0.5) is 13.2 Å². The molecule has 0 unspecified atom stereocenters. The second-order valence-electron chi connectivity index (χ2n) is 4.23. The van der Waals surface area contributed by atoms with E-state index < -0.39 is 30.8 Å². The largest absolute Gasteiger partial charge is 0.406 e. The van der Waals surface area contributed by atoms with E-state index in [1.807, 2.05) is 0 Å². The molecule has 1 aromatic rings. The maximum absolute atomic E-state index is 12.4. The van der Waals surface area contributed by atoms with E-state index in [9.17, 15) is 22.8 Å². The lowest BCUT2D eigenvalue weighted by molar-refractivity contribution is -0.163. The Morgan fingerprint density at radius 1 is 1.16 bits per heavy atom. The highest BCUT2D eigenvalue weighted by Gasteiger charge is 2.33. The summed E-state index contributed by atoms with van der Waals surface area (Å²) >= 11 is 0. The number of hydrogen-bond acceptors (Lipinski definition) is 2. The molecule has 0 bridgehead atoms. The van der Waals surface area contributed by atoms with E-state index in [2.05, 4.69) is 0 Å². The van der Waals surface area contributed by atoms with Crippen molar-refractivity contribution < 1.29 is 22.8 Å². The zero-order valence-electron chi connectivity index (χ0n) is 10.4. The number of benzene rings is 1. The molecule has 0 saturated carbocycles. The van der Waals surface area contributed by atoms with Crippen molar-refractivity contribution in [1.29, 1.82) is 0 Å². The highest BCUT2D eigenvalue weighted by atomic mass is 19.4. The fraction of sp³-hybridized carbons (Fsp3) is 0.385. The van der Waals surface area contributed by atoms with Gasteiger partial charge in [-0.1, -0.05) is 30.3 Å². The van der Waals surface area contributed by atoms with Gasteiger partial charge in [-0.25, -0.2) is 0 Å². The zero-order chi connectivity index (χ0) is 14.5. The molecule has 0 N–H and O–H groups in total. The lowest BCUT2D eigenvalue weighted by Gasteiger charge is -2.23. The summed E-state index contributed by atoms with van der Waals surface area (Å²) in [4.78, 5) is 23.1. The van der Waals surface area contributed by atoms with Crippen molar-refractivity contribution in [2.24, 2.45) is 0 Å². The molecule has 104 valence electrons. The van der Waals surface area contributed by atoms with Crippen LogP contribution in [-0.2, 0) is 16.1 Å². The van der Waals surface area contributed by atoms with E-state index in [4.69, 9.17) is 0 Å². The first-order chi connectivity index (χ1) is 8.78. The monoisotopic (exact) mass is 273 g/mol. The molecule has 0 aliphatic carbocycles. The fourth-order valence-electron chi connectivity index (χ4n) is 1.58. The van der Waals surface area contributed by atoms with Gasteiger partial charge in [-0.15, -0.1) is 0 Å². The predicted molar refractivity (Wildman–Crippen MR) is 63.2 cm³/mol. The summed E-state index contributed by atoms with van der Waals surface area (Å²) in [5, 5.41) is 0. The first-order valence-corrected chi connectivity index (χ1v) is 5.66. The molecule has 0 radical (unpaired) electrons. The maximum Gasteiger partial charge on any atom is 0.406 e. The number of hydrogen-bond donors (Lipinski definition) is 0. The van der Waals surface area contributed by atoms with Crippen LogP contribution < -0.4 is 0 Å². The molecular formula is C13H14F3NO2. The molecule has 3 nitrogen and oxygen atoms in total. The Bertz CT molecular complexity index is 443. The lowest BCUT2D eigenvalue weighted by atomic mass is 10.2. The number of carbonyl (C=O) groups is 2. The van der Waals surface area contributed by atoms with Gasteiger partial charge < -0.3 is 4.90 Å². The minimum atomic E-state index is -4.48. The number of nitrogens with zero attached hydrogens (tertiary/aromatic N) is 1. The first-order valence-electron chi connectivity index (χ1n) is 5.66. The van der Waals surface area contributed by atoms with Crippen LogP contribution in [0, 0.1) is 0 Å². The highest BCUT2D eigenvalue weighted by Crippen LogP contribution is 2.19. The van der Waals surface area contributed by atoms with Crippen LogP contribution in [0.15, 0.2) is 30.3 Å². The summed E-state index contributed by atoms with van der Waals surface area (Å²) in [5.41, 5.74) is 0.587. The van der Waals surface area contributed by atoms with Gasteiger partial charge in [0.1, 0.15) is 12.3 Å². The van der Waals surface area contributed by atoms with Crippen molar-refractivity contribution in [3.63, 3.8) is 0 Å². The van der Waals surface area contributed by atoms with Crippen LogP contribution in [0.3, 0.4) is 0 Å². The van der Waals surface area contributed by atoms with E-state index in [0.29, 0.717) is 10.5 Å². The summed E-state index contributed by atoms with van der Waals surface area (Å²) < 4.78 is 37.3. The Kier molecular flexibility index (Phi) is 5.09. The number of amides is 1. The lowest BCUT2D eigenvalue weighted by Crippen LogP contribution is -2.39. The zero-order valence-corrected chi connectivity index (χ0v) is 10.4. The summed E-state index contributed by atoms with van der Waals surface area (Å²) in [6.45, 7) is -0.341. The number of rotatable bonds is 5. The summed E-state index contributed by atoms with van der Waals surface area (Å²) in [5.74, 6) is -1.26. The molecule has 0 fully saturated rings. The maximum atomic E-state index is 12.4. The summed E-state index contributed by atoms with van der Waals surface area (Å²) in [6, 6.07) is 8.34. The number of alkyl halides is 3. The van der Waals surface area contributed by atoms with Gasteiger partial charge in [-0.05, 0) is 12.5 Å². The van der Waals surface area contributed by atoms with Crippen LogP contribution in [0.5, 0.6) is 0 Å². The molecule has 1 rings (SSSR count). The fourth-order valence-corrected chi connectivity index (χ4v) is 1.58. The SMILES string of the molecule is CC(=O)CC(=O)N(Cc1ccccc1)CC(F)(F)F. The molecule has 1 aromatic carbocycles. The Hall–Kier alpha value is -1.85. The van der Waals surface area contributed by atoms with Crippen LogP contribution in [0.25, 0.3) is 0 Å². The average molecular weight is 273 g/mol. The van der Waals surface area contributed by atoms with Crippen LogP contribution in [0.2, 0.25) is 0 Å². The number of Topliss-reactive ketones (excluding diaryl/α,β-unsaturated/α-hetero) is 1. The first kappa shape index (κ1) is 15.2. The van der Waals surface area contributed by atoms with Gasteiger partial charge in [0.25, 0.3) is 0 Å². The molecular weight excluding hydrogens is 259 g/mol. The third kappa shape index (κ3) is 6.03. The van der Waals surface area contributed by atoms with Crippen molar-refractivity contribution >= 4 is 11.7 Å². The molecule has 0 aliphatic rings. The number of carbonyl (C=O) groups excluding carboxylic acids is 2. The van der Waals surface area contributed by atoms with E-state index in [1.54, 1.807) is 30.3 Å². The smallest absolute Gasteiger partial charge is 0.329 e. The van der Waals surface area contributed by atoms with Crippen LogP contribution >= 0.6 is 0 Å². The molecule has 19 heavy (non-hydrogen) atoms. The third-order valence-electron chi connectivity index (χ3n) is 2.34. The molecule has 0 heterocycles. The standard InChI is InChI=1S/C13H14F3NO2/c1-10(18)7-12(19)17(9-13(14,15)16)8-11-5-3-2-4-6-11/h2-6H,7-9H2,1H3. The van der Waals surface area contributed by atoms with E-state index in [1.165, 1.54) is 6.92 Å². The Morgan fingerprint density at radius 2 is 1.74 bits per heavy atom. The Labute approximate surface area is 109 Å². The van der Waals surface area contributed by atoms with E-state index in [0.717, 1.165) is 0 Å². The average Bonchev–Trinajstić information content (AvgIpc) is 2.26. The summed E-state index contributed by atoms with van der Waals surface area (Å²) in [6.07, 6.45) is -5.00. The van der Waals surface area contributed by atoms with Gasteiger partial charge in [0.05, 0.1) is 6.42 Å². The number of halogens is 3. The molecule has 0 aliphatic heterocycles. The molecule has 0 atom stereocenters. The van der Waals surface area contributed by atoms with Crippen molar-refractivity contribution in [2.75, 3.05) is 6.54 Å². The predicted octanol–water partition coefficient (Wildman–Crippen LogP) is 2.56. The highest BCUT2D eigenvalue weighted by molar-refractivity contribution is 5.96. The van der Waals surface area contributed by atoms with Crippen LogP contribution in [0.1, 0.15) is 18.9 Å². The topological polar surface area (TPSA) is 37.4 Å². The van der Waals surface area contributed by atoms with Crippen molar-refractivity contribution in [2.45, 2.75) is 26.1 Å². The molecule has 6 heteroatoms. The van der Waals surface area contributed by atoms with Gasteiger partial charge in [0, 0.05) is 6.54 Å². The Morgan fingerprint density at radius 3 is 2.21 bits per heavy atom. The van der Waals surface area contributed by atoms with Gasteiger partial charge >= 0.3 is 6.18 Å². The minimum Gasteiger partial charge on any atom is -0.329 e. The van der Waals surface area contributed by atoms with Gasteiger partial charge in [0.15, 0.2) is 0 Å². The van der Waals surface area contributed by atoms with E-state index >= 15 is 0 Å².